The Morgan fingerprint density at radius 3 is 2.17 bits per heavy atom. The fraction of sp³-hybridized carbons (Fsp3) is 0.174. The molecule has 0 spiro atoms. The summed E-state index contributed by atoms with van der Waals surface area (Å²) in [5, 5.41) is 5.69. The van der Waals surface area contributed by atoms with Crippen LogP contribution in [0.4, 0.5) is 0 Å². The number of amides is 2. The van der Waals surface area contributed by atoms with Gasteiger partial charge in [-0.3, -0.25) is 14.6 Å². The summed E-state index contributed by atoms with van der Waals surface area (Å²) < 4.78 is 5.12. The summed E-state index contributed by atoms with van der Waals surface area (Å²) in [4.78, 5) is 28.8. The average Bonchev–Trinajstić information content (AvgIpc) is 2.78. The zero-order valence-electron chi connectivity index (χ0n) is 16.2. The summed E-state index contributed by atoms with van der Waals surface area (Å²) in [5.41, 5.74) is 2.80. The van der Waals surface area contributed by atoms with E-state index >= 15 is 0 Å². The highest BCUT2D eigenvalue weighted by Gasteiger charge is 2.11. The molecule has 0 radical (unpaired) electrons. The number of methoxy groups -OCH3 is 1. The summed E-state index contributed by atoms with van der Waals surface area (Å²) in [6.07, 6.45) is 3.64. The highest BCUT2D eigenvalue weighted by molar-refractivity contribution is 5.99. The normalized spacial score (nSPS) is 10.2. The van der Waals surface area contributed by atoms with Gasteiger partial charge >= 0.3 is 0 Å². The summed E-state index contributed by atoms with van der Waals surface area (Å²) in [6, 6.07) is 18.9. The van der Waals surface area contributed by atoms with Crippen molar-refractivity contribution >= 4 is 11.8 Å². The Hall–Kier alpha value is -3.67. The Labute approximate surface area is 169 Å². The van der Waals surface area contributed by atoms with Crippen LogP contribution in [0.5, 0.6) is 5.75 Å². The summed E-state index contributed by atoms with van der Waals surface area (Å²) >= 11 is 0. The van der Waals surface area contributed by atoms with Crippen LogP contribution in [0.15, 0.2) is 73.1 Å². The zero-order chi connectivity index (χ0) is 20.5. The number of benzene rings is 2. The lowest BCUT2D eigenvalue weighted by Crippen LogP contribution is -2.27. The van der Waals surface area contributed by atoms with Gasteiger partial charge < -0.3 is 15.4 Å². The second-order valence-corrected chi connectivity index (χ2v) is 6.48. The lowest BCUT2D eigenvalue weighted by Gasteiger charge is -2.08. The molecule has 0 aliphatic rings. The number of carbonyl (C=O) groups is 2. The highest BCUT2D eigenvalue weighted by Crippen LogP contribution is 2.11. The van der Waals surface area contributed by atoms with Gasteiger partial charge in [-0.25, -0.2) is 0 Å². The Balaban J connectivity index is 1.53. The van der Waals surface area contributed by atoms with Crippen LogP contribution >= 0.6 is 0 Å². The van der Waals surface area contributed by atoms with E-state index < -0.39 is 0 Å². The molecule has 0 saturated carbocycles. The lowest BCUT2D eigenvalue weighted by molar-refractivity contribution is 0.0950. The molecule has 0 saturated heterocycles. The first-order chi connectivity index (χ1) is 14.2. The van der Waals surface area contributed by atoms with Crippen LogP contribution in [0.2, 0.25) is 0 Å². The predicted octanol–water partition coefficient (Wildman–Crippen LogP) is 2.99. The molecule has 2 aromatic carbocycles. The smallest absolute Gasteiger partial charge is 0.253 e. The molecule has 6 heteroatoms. The SMILES string of the molecule is COc1ccc(CNC(=O)c2cncc(C(=O)NCCc3ccccc3)c2)cc1. The molecule has 0 fully saturated rings. The van der Waals surface area contributed by atoms with Gasteiger partial charge in [0.05, 0.1) is 18.2 Å². The van der Waals surface area contributed by atoms with E-state index in [0.29, 0.717) is 24.2 Å². The number of nitrogens with one attached hydrogen (secondary N) is 2. The van der Waals surface area contributed by atoms with Gasteiger partial charge in [-0.15, -0.1) is 0 Å². The van der Waals surface area contributed by atoms with Crippen molar-refractivity contribution in [3.8, 4) is 5.75 Å². The number of carbonyl (C=O) groups excluding carboxylic acids is 2. The Morgan fingerprint density at radius 2 is 1.52 bits per heavy atom. The minimum atomic E-state index is -0.285. The quantitative estimate of drug-likeness (QED) is 0.621. The van der Waals surface area contributed by atoms with Gasteiger partial charge in [0.1, 0.15) is 5.75 Å². The maximum atomic E-state index is 12.4. The van der Waals surface area contributed by atoms with Crippen molar-refractivity contribution in [3.05, 3.63) is 95.3 Å². The van der Waals surface area contributed by atoms with Gasteiger partial charge in [0.15, 0.2) is 0 Å². The zero-order valence-corrected chi connectivity index (χ0v) is 16.2. The van der Waals surface area contributed by atoms with E-state index in [2.05, 4.69) is 15.6 Å². The van der Waals surface area contributed by atoms with Crippen LogP contribution in [0.1, 0.15) is 31.8 Å². The van der Waals surface area contributed by atoms with Gasteiger partial charge in [-0.05, 0) is 35.7 Å². The Kier molecular flexibility index (Phi) is 6.95. The van der Waals surface area contributed by atoms with Crippen molar-refractivity contribution in [3.63, 3.8) is 0 Å². The fourth-order valence-corrected chi connectivity index (χ4v) is 2.78. The monoisotopic (exact) mass is 389 g/mol. The third kappa shape index (κ3) is 5.90. The molecule has 3 aromatic rings. The van der Waals surface area contributed by atoms with Crippen LogP contribution in [0.25, 0.3) is 0 Å². The second kappa shape index (κ2) is 10.0. The molecule has 3 rings (SSSR count). The molecule has 2 amide bonds. The molecule has 0 aliphatic heterocycles. The highest BCUT2D eigenvalue weighted by atomic mass is 16.5. The maximum Gasteiger partial charge on any atom is 0.253 e. The van der Waals surface area contributed by atoms with E-state index in [0.717, 1.165) is 23.3 Å². The van der Waals surface area contributed by atoms with Gasteiger partial charge in [-0.1, -0.05) is 42.5 Å². The van der Waals surface area contributed by atoms with E-state index in [4.69, 9.17) is 4.74 Å². The third-order valence-electron chi connectivity index (χ3n) is 4.42. The van der Waals surface area contributed by atoms with Crippen molar-refractivity contribution in [2.45, 2.75) is 13.0 Å². The second-order valence-electron chi connectivity index (χ2n) is 6.48. The summed E-state index contributed by atoms with van der Waals surface area (Å²) in [6.45, 7) is 0.882. The predicted molar refractivity (Wildman–Crippen MR) is 111 cm³/mol. The summed E-state index contributed by atoms with van der Waals surface area (Å²) in [7, 11) is 1.61. The van der Waals surface area contributed by atoms with Gasteiger partial charge in [0, 0.05) is 25.5 Å². The molecule has 0 atom stereocenters. The number of nitrogens with zero attached hydrogens (tertiary/aromatic N) is 1. The van der Waals surface area contributed by atoms with Crippen LogP contribution in [0.3, 0.4) is 0 Å². The van der Waals surface area contributed by atoms with Crippen molar-refractivity contribution in [2.75, 3.05) is 13.7 Å². The average molecular weight is 389 g/mol. The van der Waals surface area contributed by atoms with Crippen LogP contribution in [-0.4, -0.2) is 30.5 Å². The molecular weight excluding hydrogens is 366 g/mol. The van der Waals surface area contributed by atoms with Crippen LogP contribution in [0, 0.1) is 0 Å². The van der Waals surface area contributed by atoms with Crippen molar-refractivity contribution in [1.29, 1.82) is 0 Å². The molecule has 1 aromatic heterocycles. The topological polar surface area (TPSA) is 80.3 Å². The molecule has 2 N–H and O–H groups in total. The Bertz CT molecular complexity index is 957. The van der Waals surface area contributed by atoms with Gasteiger partial charge in [0.25, 0.3) is 11.8 Å². The number of pyridine rings is 1. The number of rotatable bonds is 8. The first-order valence-electron chi connectivity index (χ1n) is 9.34. The van der Waals surface area contributed by atoms with Gasteiger partial charge in [0.2, 0.25) is 0 Å². The third-order valence-corrected chi connectivity index (χ3v) is 4.42. The molecule has 148 valence electrons. The molecule has 1 heterocycles. The van der Waals surface area contributed by atoms with E-state index in [1.54, 1.807) is 13.2 Å². The molecule has 0 unspecified atom stereocenters. The lowest BCUT2D eigenvalue weighted by atomic mass is 10.1. The number of hydrogen-bond acceptors (Lipinski definition) is 4. The molecule has 0 aliphatic carbocycles. The fourth-order valence-electron chi connectivity index (χ4n) is 2.78. The van der Waals surface area contributed by atoms with Crippen LogP contribution < -0.4 is 15.4 Å². The Morgan fingerprint density at radius 1 is 0.862 bits per heavy atom. The molecule has 29 heavy (non-hydrogen) atoms. The van der Waals surface area contributed by atoms with Crippen molar-refractivity contribution in [1.82, 2.24) is 15.6 Å². The summed E-state index contributed by atoms with van der Waals surface area (Å²) in [5.74, 6) is 0.223. The first-order valence-corrected chi connectivity index (χ1v) is 9.34. The number of aromatic nitrogens is 1. The van der Waals surface area contributed by atoms with Gasteiger partial charge in [-0.2, -0.15) is 0 Å². The molecular formula is C23H23N3O3. The van der Waals surface area contributed by atoms with E-state index in [-0.39, 0.29) is 11.8 Å². The van der Waals surface area contributed by atoms with E-state index in [1.807, 2.05) is 54.6 Å². The van der Waals surface area contributed by atoms with Crippen LogP contribution in [-0.2, 0) is 13.0 Å². The number of ether oxygens (including phenoxy) is 1. The van der Waals surface area contributed by atoms with E-state index in [1.165, 1.54) is 12.4 Å². The van der Waals surface area contributed by atoms with Crippen molar-refractivity contribution < 1.29 is 14.3 Å². The number of hydrogen-bond donors (Lipinski definition) is 2. The largest absolute Gasteiger partial charge is 0.497 e. The van der Waals surface area contributed by atoms with E-state index in [9.17, 15) is 9.59 Å². The molecule has 0 bridgehead atoms. The standard InChI is InChI=1S/C23H23N3O3/c1-29-21-9-7-18(8-10-21)14-26-23(28)20-13-19(15-24-16-20)22(27)25-12-11-17-5-3-2-4-6-17/h2-10,13,15-16H,11-12,14H2,1H3,(H,25,27)(H,26,28). The molecule has 6 nitrogen and oxygen atoms in total. The van der Waals surface area contributed by atoms with Crippen molar-refractivity contribution in [2.24, 2.45) is 0 Å². The minimum Gasteiger partial charge on any atom is -0.497 e. The minimum absolute atomic E-state index is 0.252. The maximum absolute atomic E-state index is 12.4. The first kappa shape index (κ1) is 20.1.